The first-order valence-corrected chi connectivity index (χ1v) is 12.4. The van der Waals surface area contributed by atoms with Crippen LogP contribution in [0.25, 0.3) is 10.9 Å². The van der Waals surface area contributed by atoms with Crippen LogP contribution in [0, 0.1) is 23.1 Å². The molecule has 0 unspecified atom stereocenters. The van der Waals surface area contributed by atoms with Crippen LogP contribution in [0.3, 0.4) is 0 Å². The van der Waals surface area contributed by atoms with E-state index in [1.165, 1.54) is 0 Å². The number of esters is 1. The fourth-order valence-corrected chi connectivity index (χ4v) is 3.92. The van der Waals surface area contributed by atoms with Gasteiger partial charge in [0.05, 0.1) is 42.0 Å². The summed E-state index contributed by atoms with van der Waals surface area (Å²) in [6.45, 7) is 12.6. The topological polar surface area (TPSA) is 114 Å². The Kier molecular flexibility index (Phi) is 9.05. The zero-order valence-electron chi connectivity index (χ0n) is 22.3. The number of anilines is 3. The molecule has 0 aliphatic carbocycles. The van der Waals surface area contributed by atoms with Crippen LogP contribution in [-0.2, 0) is 20.8 Å². The third-order valence-corrected chi connectivity index (χ3v) is 5.76. The average Bonchev–Trinajstić information content (AvgIpc) is 3.26. The van der Waals surface area contributed by atoms with E-state index >= 15 is 4.39 Å². The minimum atomic E-state index is -0.676. The second-order valence-electron chi connectivity index (χ2n) is 9.83. The van der Waals surface area contributed by atoms with E-state index in [2.05, 4.69) is 20.7 Å². The van der Waals surface area contributed by atoms with Gasteiger partial charge in [0, 0.05) is 18.5 Å². The van der Waals surface area contributed by atoms with Gasteiger partial charge in [-0.1, -0.05) is 13.0 Å². The van der Waals surface area contributed by atoms with Crippen molar-refractivity contribution in [3.05, 3.63) is 41.8 Å². The molecule has 2 atom stereocenters. The molecule has 0 fully saturated rings. The Bertz CT molecular complexity index is 1280. The van der Waals surface area contributed by atoms with Crippen LogP contribution < -0.4 is 10.6 Å². The average molecular weight is 511 g/mol. The number of halogens is 1. The number of pyridine rings is 1. The minimum Gasteiger partial charge on any atom is -0.460 e. The predicted molar refractivity (Wildman–Crippen MR) is 141 cm³/mol. The summed E-state index contributed by atoms with van der Waals surface area (Å²) in [5, 5.41) is 21.2. The lowest BCUT2D eigenvalue weighted by Gasteiger charge is -2.27. The van der Waals surface area contributed by atoms with E-state index in [1.54, 1.807) is 6.20 Å². The molecule has 2 N–H and O–H groups in total. The number of nitriles is 1. The van der Waals surface area contributed by atoms with Gasteiger partial charge in [-0.05, 0) is 58.7 Å². The van der Waals surface area contributed by atoms with Crippen molar-refractivity contribution in [3.63, 3.8) is 0 Å². The number of benzene rings is 1. The number of nitrogens with zero attached hydrogens (tertiary/aromatic N) is 4. The molecule has 0 aliphatic rings. The number of nitrogens with one attached hydrogen (secondary N) is 2. The predicted octanol–water partition coefficient (Wildman–Crippen LogP) is 5.39. The van der Waals surface area contributed by atoms with Gasteiger partial charge in [0.25, 0.3) is 0 Å². The van der Waals surface area contributed by atoms with Gasteiger partial charge in [-0.3, -0.25) is 9.48 Å². The van der Waals surface area contributed by atoms with Gasteiger partial charge < -0.3 is 20.1 Å². The standard InChI is InChI=1S/C27H35FN6O3/c1-7-34-23-11-9-10-21(19(23)15-30-34)31-25-18(14-29)13-20(28)26(33-25)32-22(16-36-8-2)17(3)12-24(35)37-27(4,5)6/h9-11,13,15,17,22H,7-8,12,16H2,1-6H3,(H2,31,32,33)/t17-,22-/m1/s1. The van der Waals surface area contributed by atoms with E-state index in [0.29, 0.717) is 18.8 Å². The van der Waals surface area contributed by atoms with Gasteiger partial charge in [-0.2, -0.15) is 10.4 Å². The van der Waals surface area contributed by atoms with Crippen LogP contribution in [0.4, 0.5) is 21.7 Å². The zero-order valence-corrected chi connectivity index (χ0v) is 22.3. The first-order chi connectivity index (χ1) is 17.6. The molecule has 10 heteroatoms. The van der Waals surface area contributed by atoms with E-state index in [1.807, 2.05) is 70.5 Å². The lowest BCUT2D eigenvalue weighted by Crippen LogP contribution is -2.35. The molecule has 1 aromatic carbocycles. The molecule has 0 amide bonds. The van der Waals surface area contributed by atoms with Crippen molar-refractivity contribution in [2.45, 2.75) is 66.2 Å². The molecule has 0 saturated heterocycles. The normalized spacial score (nSPS) is 13.1. The molecular formula is C27H35FN6O3. The number of ether oxygens (including phenoxy) is 2. The highest BCUT2D eigenvalue weighted by molar-refractivity contribution is 5.93. The quantitative estimate of drug-likeness (QED) is 0.330. The number of rotatable bonds is 11. The fraction of sp³-hybridized carbons (Fsp3) is 0.481. The van der Waals surface area contributed by atoms with Crippen LogP contribution in [0.15, 0.2) is 30.5 Å². The van der Waals surface area contributed by atoms with Gasteiger partial charge >= 0.3 is 5.97 Å². The van der Waals surface area contributed by atoms with Crippen molar-refractivity contribution < 1.29 is 18.7 Å². The van der Waals surface area contributed by atoms with E-state index in [0.717, 1.165) is 17.0 Å². The van der Waals surface area contributed by atoms with Gasteiger partial charge in [-0.15, -0.1) is 0 Å². The molecule has 2 aromatic heterocycles. The Morgan fingerprint density at radius 1 is 1.27 bits per heavy atom. The number of carbonyl (C=O) groups is 1. The van der Waals surface area contributed by atoms with Gasteiger partial charge in [0.15, 0.2) is 17.5 Å². The Morgan fingerprint density at radius 3 is 2.68 bits per heavy atom. The second kappa shape index (κ2) is 12.0. The van der Waals surface area contributed by atoms with Crippen LogP contribution in [-0.4, -0.2) is 45.6 Å². The summed E-state index contributed by atoms with van der Waals surface area (Å²) in [5.74, 6) is -1.11. The first kappa shape index (κ1) is 27.9. The maximum absolute atomic E-state index is 15.0. The van der Waals surface area contributed by atoms with Crippen LogP contribution in [0.2, 0.25) is 0 Å². The van der Waals surface area contributed by atoms with E-state index in [4.69, 9.17) is 9.47 Å². The number of aromatic nitrogens is 3. The smallest absolute Gasteiger partial charge is 0.306 e. The van der Waals surface area contributed by atoms with Crippen LogP contribution >= 0.6 is 0 Å². The van der Waals surface area contributed by atoms with E-state index in [-0.39, 0.29) is 42.1 Å². The molecule has 0 bridgehead atoms. The Morgan fingerprint density at radius 2 is 2.03 bits per heavy atom. The molecule has 3 rings (SSSR count). The molecule has 0 radical (unpaired) electrons. The SMILES string of the molecule is CCOC[C@@H](Nc1nc(Nc2cccc3c2cnn3CC)c(C#N)cc1F)[C@H](C)CC(=O)OC(C)(C)C. The lowest BCUT2D eigenvalue weighted by molar-refractivity contribution is -0.156. The van der Waals surface area contributed by atoms with Crippen molar-refractivity contribution in [1.82, 2.24) is 14.8 Å². The highest BCUT2D eigenvalue weighted by Crippen LogP contribution is 2.29. The third-order valence-electron chi connectivity index (χ3n) is 5.76. The molecular weight excluding hydrogens is 475 g/mol. The summed E-state index contributed by atoms with van der Waals surface area (Å²) in [5.41, 5.74) is 1.09. The van der Waals surface area contributed by atoms with E-state index in [9.17, 15) is 10.1 Å². The number of hydrogen-bond acceptors (Lipinski definition) is 8. The van der Waals surface area contributed by atoms with Crippen molar-refractivity contribution >= 4 is 34.2 Å². The monoisotopic (exact) mass is 510 g/mol. The number of hydrogen-bond donors (Lipinski definition) is 2. The number of carbonyl (C=O) groups excluding carboxylic acids is 1. The maximum atomic E-state index is 15.0. The summed E-state index contributed by atoms with van der Waals surface area (Å²) in [4.78, 5) is 16.8. The summed E-state index contributed by atoms with van der Waals surface area (Å²) in [6.07, 6.45) is 1.86. The molecule has 3 aromatic rings. The third kappa shape index (κ3) is 7.17. The first-order valence-electron chi connectivity index (χ1n) is 12.4. The lowest BCUT2D eigenvalue weighted by atomic mass is 9.98. The molecule has 2 heterocycles. The molecule has 0 spiro atoms. The second-order valence-corrected chi connectivity index (χ2v) is 9.83. The summed E-state index contributed by atoms with van der Waals surface area (Å²) < 4.78 is 28.0. The van der Waals surface area contributed by atoms with Crippen LogP contribution in [0.1, 0.15) is 53.5 Å². The number of fused-ring (bicyclic) bond motifs is 1. The van der Waals surface area contributed by atoms with Crippen molar-refractivity contribution in [3.8, 4) is 6.07 Å². The Labute approximate surface area is 217 Å². The van der Waals surface area contributed by atoms with Crippen molar-refractivity contribution in [2.24, 2.45) is 5.92 Å². The summed E-state index contributed by atoms with van der Waals surface area (Å²) in [7, 11) is 0. The molecule has 198 valence electrons. The molecule has 37 heavy (non-hydrogen) atoms. The van der Waals surface area contributed by atoms with Gasteiger partial charge in [0.1, 0.15) is 11.7 Å². The largest absolute Gasteiger partial charge is 0.460 e. The maximum Gasteiger partial charge on any atom is 0.306 e. The van der Waals surface area contributed by atoms with Gasteiger partial charge in [-0.25, -0.2) is 9.37 Å². The van der Waals surface area contributed by atoms with Crippen molar-refractivity contribution in [1.29, 1.82) is 5.26 Å². The highest BCUT2D eigenvalue weighted by atomic mass is 19.1. The minimum absolute atomic E-state index is 0.0429. The highest BCUT2D eigenvalue weighted by Gasteiger charge is 2.26. The Balaban J connectivity index is 1.89. The van der Waals surface area contributed by atoms with E-state index < -0.39 is 17.5 Å². The zero-order chi connectivity index (χ0) is 27.2. The molecule has 9 nitrogen and oxygen atoms in total. The number of aryl methyl sites for hydroxylation is 1. The van der Waals surface area contributed by atoms with Crippen molar-refractivity contribution in [2.75, 3.05) is 23.8 Å². The molecule has 0 aliphatic heterocycles. The fourth-order valence-electron chi connectivity index (χ4n) is 3.92. The summed E-state index contributed by atoms with van der Waals surface area (Å²) >= 11 is 0. The molecule has 0 saturated carbocycles. The Hall–Kier alpha value is -3.71. The van der Waals surface area contributed by atoms with Gasteiger partial charge in [0.2, 0.25) is 0 Å². The van der Waals surface area contributed by atoms with Crippen LogP contribution in [0.5, 0.6) is 0 Å². The summed E-state index contributed by atoms with van der Waals surface area (Å²) in [6, 6.07) is 8.41.